The summed E-state index contributed by atoms with van der Waals surface area (Å²) in [5, 5.41) is 9.33. The van der Waals surface area contributed by atoms with Gasteiger partial charge in [-0.3, -0.25) is 0 Å². The molecule has 0 radical (unpaired) electrons. The summed E-state index contributed by atoms with van der Waals surface area (Å²) < 4.78 is 44.9. The van der Waals surface area contributed by atoms with Crippen molar-refractivity contribution in [3.05, 3.63) is 17.5 Å². The molecule has 1 aromatic rings. The predicted molar refractivity (Wildman–Crippen MR) is 56.4 cm³/mol. The minimum absolute atomic E-state index is 0.0147. The maximum absolute atomic E-state index is 12.2. The van der Waals surface area contributed by atoms with E-state index in [0.717, 1.165) is 0 Å². The van der Waals surface area contributed by atoms with E-state index in [-0.39, 0.29) is 12.2 Å². The average molecular weight is 280 g/mol. The monoisotopic (exact) mass is 280 g/mol. The molecule has 0 atom stereocenters. The fraction of sp³-hybridized carbons (Fsp3) is 0.400. The Morgan fingerprint density at radius 1 is 1.53 bits per heavy atom. The Bertz CT molecular complexity index is 477. The van der Waals surface area contributed by atoms with Crippen LogP contribution in [0, 0.1) is 0 Å². The minimum Gasteiger partial charge on any atom is -0.503 e. The van der Waals surface area contributed by atoms with Crippen molar-refractivity contribution >= 4 is 5.97 Å². The quantitative estimate of drug-likeness (QED) is 0.808. The third-order valence-electron chi connectivity index (χ3n) is 2.00. The van der Waals surface area contributed by atoms with Gasteiger partial charge in [-0.05, 0) is 6.92 Å². The van der Waals surface area contributed by atoms with Crippen molar-refractivity contribution < 1.29 is 32.5 Å². The summed E-state index contributed by atoms with van der Waals surface area (Å²) in [4.78, 5) is 15.0. The third-order valence-corrected chi connectivity index (χ3v) is 2.00. The molecule has 0 bridgehead atoms. The van der Waals surface area contributed by atoms with Gasteiger partial charge in [-0.15, -0.1) is 13.2 Å². The highest BCUT2D eigenvalue weighted by Crippen LogP contribution is 2.35. The number of hydrogen-bond donors (Lipinski definition) is 2. The molecule has 0 aliphatic rings. The second-order valence-corrected chi connectivity index (χ2v) is 3.27. The lowest BCUT2D eigenvalue weighted by molar-refractivity contribution is -0.275. The molecule has 1 rings (SSSR count). The smallest absolute Gasteiger partial charge is 0.503 e. The number of nitrogens with zero attached hydrogens (tertiary/aromatic N) is 1. The highest BCUT2D eigenvalue weighted by atomic mass is 19.4. The number of halogens is 3. The largest absolute Gasteiger partial charge is 0.573 e. The number of carbonyl (C=O) groups excluding carboxylic acids is 1. The molecule has 0 unspecified atom stereocenters. The van der Waals surface area contributed by atoms with Crippen molar-refractivity contribution in [2.24, 2.45) is 5.73 Å². The van der Waals surface area contributed by atoms with E-state index in [9.17, 15) is 23.1 Å². The molecule has 6 nitrogen and oxygen atoms in total. The van der Waals surface area contributed by atoms with Crippen LogP contribution in [-0.4, -0.2) is 29.0 Å². The second kappa shape index (κ2) is 5.74. The fourth-order valence-corrected chi connectivity index (χ4v) is 1.32. The standard InChI is InChI=1S/C10H11F3N2O4/c1-2-18-9(17)7-5(3-14)8(6(16)4-15-7)19-10(11,12)13/h4,16H,2-3,14H2,1H3. The lowest BCUT2D eigenvalue weighted by Gasteiger charge is -2.15. The van der Waals surface area contributed by atoms with E-state index >= 15 is 0 Å². The number of ether oxygens (including phenoxy) is 2. The van der Waals surface area contributed by atoms with Gasteiger partial charge in [0.25, 0.3) is 0 Å². The van der Waals surface area contributed by atoms with Crippen molar-refractivity contribution in [1.29, 1.82) is 0 Å². The maximum atomic E-state index is 12.2. The van der Waals surface area contributed by atoms with Crippen molar-refractivity contribution in [3.63, 3.8) is 0 Å². The van der Waals surface area contributed by atoms with Crippen LogP contribution < -0.4 is 10.5 Å². The molecule has 0 fully saturated rings. The van der Waals surface area contributed by atoms with Crippen LogP contribution in [0.1, 0.15) is 23.0 Å². The molecule has 0 amide bonds. The Balaban J connectivity index is 3.29. The van der Waals surface area contributed by atoms with E-state index in [1.165, 1.54) is 6.92 Å². The van der Waals surface area contributed by atoms with Gasteiger partial charge < -0.3 is 20.3 Å². The van der Waals surface area contributed by atoms with Crippen LogP contribution in [0.2, 0.25) is 0 Å². The molecule has 0 aliphatic heterocycles. The Labute approximate surface area is 105 Å². The van der Waals surface area contributed by atoms with E-state index in [4.69, 9.17) is 5.73 Å². The van der Waals surface area contributed by atoms with Crippen LogP contribution >= 0.6 is 0 Å². The molecule has 3 N–H and O–H groups in total. The number of aromatic hydroxyl groups is 1. The Morgan fingerprint density at radius 2 is 2.16 bits per heavy atom. The highest BCUT2D eigenvalue weighted by molar-refractivity contribution is 5.90. The van der Waals surface area contributed by atoms with Gasteiger partial charge in [0.2, 0.25) is 0 Å². The van der Waals surface area contributed by atoms with Crippen LogP contribution in [0.3, 0.4) is 0 Å². The molecule has 106 valence electrons. The molecule has 0 saturated heterocycles. The molecule has 1 aromatic heterocycles. The molecule has 0 aromatic carbocycles. The highest BCUT2D eigenvalue weighted by Gasteiger charge is 2.35. The van der Waals surface area contributed by atoms with Gasteiger partial charge in [-0.25, -0.2) is 9.78 Å². The normalized spacial score (nSPS) is 11.2. The van der Waals surface area contributed by atoms with Crippen LogP contribution in [0.4, 0.5) is 13.2 Å². The Hall–Kier alpha value is -2.03. The molecule has 9 heteroatoms. The number of hydrogen-bond acceptors (Lipinski definition) is 6. The maximum Gasteiger partial charge on any atom is 0.573 e. The first-order valence-electron chi connectivity index (χ1n) is 5.14. The Kier molecular flexibility index (Phi) is 4.54. The van der Waals surface area contributed by atoms with Crippen molar-refractivity contribution in [1.82, 2.24) is 4.98 Å². The first kappa shape index (κ1) is 15.0. The van der Waals surface area contributed by atoms with Crippen molar-refractivity contribution in [3.8, 4) is 11.5 Å². The summed E-state index contributed by atoms with van der Waals surface area (Å²) in [5.74, 6) is -2.77. The summed E-state index contributed by atoms with van der Waals surface area (Å²) in [6.45, 7) is 1.05. The molecule has 19 heavy (non-hydrogen) atoms. The lowest BCUT2D eigenvalue weighted by Crippen LogP contribution is -2.21. The minimum atomic E-state index is -5.03. The topological polar surface area (TPSA) is 94.7 Å². The number of aromatic nitrogens is 1. The zero-order valence-electron chi connectivity index (χ0n) is 9.82. The van der Waals surface area contributed by atoms with E-state index in [2.05, 4.69) is 14.5 Å². The van der Waals surface area contributed by atoms with E-state index in [1.54, 1.807) is 0 Å². The number of carbonyl (C=O) groups is 1. The van der Waals surface area contributed by atoms with Crippen LogP contribution in [-0.2, 0) is 11.3 Å². The van der Waals surface area contributed by atoms with Crippen LogP contribution in [0.25, 0.3) is 0 Å². The summed E-state index contributed by atoms with van der Waals surface area (Å²) in [6.07, 6.45) is -4.37. The summed E-state index contributed by atoms with van der Waals surface area (Å²) in [5.41, 5.74) is 4.46. The van der Waals surface area contributed by atoms with E-state index < -0.39 is 36.1 Å². The average Bonchev–Trinajstić information content (AvgIpc) is 2.30. The molecular formula is C10H11F3N2O4. The summed E-state index contributed by atoms with van der Waals surface area (Å²) in [6, 6.07) is 0. The molecule has 0 spiro atoms. The number of nitrogens with two attached hydrogens (primary N) is 1. The fourth-order valence-electron chi connectivity index (χ4n) is 1.32. The summed E-state index contributed by atoms with van der Waals surface area (Å²) >= 11 is 0. The van der Waals surface area contributed by atoms with E-state index in [0.29, 0.717) is 6.20 Å². The van der Waals surface area contributed by atoms with Gasteiger partial charge in [-0.1, -0.05) is 0 Å². The third kappa shape index (κ3) is 3.71. The predicted octanol–water partition coefficient (Wildman–Crippen LogP) is 1.32. The lowest BCUT2D eigenvalue weighted by atomic mass is 10.1. The number of alkyl halides is 3. The molecule has 1 heterocycles. The van der Waals surface area contributed by atoms with Crippen molar-refractivity contribution in [2.75, 3.05) is 6.61 Å². The molecule has 0 aliphatic carbocycles. The first-order valence-corrected chi connectivity index (χ1v) is 5.14. The van der Waals surface area contributed by atoms with Crippen LogP contribution in [0.5, 0.6) is 11.5 Å². The molecule has 0 saturated carbocycles. The van der Waals surface area contributed by atoms with Gasteiger partial charge in [0, 0.05) is 12.1 Å². The van der Waals surface area contributed by atoms with Gasteiger partial charge >= 0.3 is 12.3 Å². The zero-order valence-corrected chi connectivity index (χ0v) is 9.82. The van der Waals surface area contributed by atoms with E-state index in [1.807, 2.05) is 0 Å². The van der Waals surface area contributed by atoms with Gasteiger partial charge in [0.1, 0.15) is 0 Å². The van der Waals surface area contributed by atoms with Gasteiger partial charge in [0.05, 0.1) is 12.8 Å². The Morgan fingerprint density at radius 3 is 2.63 bits per heavy atom. The zero-order chi connectivity index (χ0) is 14.6. The van der Waals surface area contributed by atoms with Crippen molar-refractivity contribution in [2.45, 2.75) is 19.8 Å². The first-order chi connectivity index (χ1) is 8.80. The number of esters is 1. The SMILES string of the molecule is CCOC(=O)c1ncc(O)c(OC(F)(F)F)c1CN. The molecular weight excluding hydrogens is 269 g/mol. The van der Waals surface area contributed by atoms with Gasteiger partial charge in [-0.2, -0.15) is 0 Å². The van der Waals surface area contributed by atoms with Gasteiger partial charge in [0.15, 0.2) is 17.2 Å². The second-order valence-electron chi connectivity index (χ2n) is 3.27. The number of pyridine rings is 1. The number of rotatable bonds is 4. The summed E-state index contributed by atoms with van der Waals surface area (Å²) in [7, 11) is 0. The van der Waals surface area contributed by atoms with Crippen LogP contribution in [0.15, 0.2) is 6.20 Å².